The van der Waals surface area contributed by atoms with Gasteiger partial charge in [0.05, 0.1) is 6.04 Å². The van der Waals surface area contributed by atoms with Gasteiger partial charge in [-0.05, 0) is 33.6 Å². The lowest BCUT2D eigenvalue weighted by molar-refractivity contribution is -0.123. The Labute approximate surface area is 94.0 Å². The van der Waals surface area contributed by atoms with Crippen molar-refractivity contribution in [3.05, 3.63) is 0 Å². The minimum absolute atomic E-state index is 0.0979. The van der Waals surface area contributed by atoms with Crippen molar-refractivity contribution in [3.8, 4) is 0 Å². The predicted molar refractivity (Wildman–Crippen MR) is 64.9 cm³/mol. The van der Waals surface area contributed by atoms with E-state index >= 15 is 0 Å². The molecule has 15 heavy (non-hydrogen) atoms. The molecule has 0 saturated carbocycles. The zero-order valence-corrected chi connectivity index (χ0v) is 10.8. The quantitative estimate of drug-likeness (QED) is 0.681. The van der Waals surface area contributed by atoms with E-state index in [0.717, 1.165) is 19.3 Å². The third-order valence-electron chi connectivity index (χ3n) is 2.65. The van der Waals surface area contributed by atoms with Crippen molar-refractivity contribution >= 4 is 5.91 Å². The summed E-state index contributed by atoms with van der Waals surface area (Å²) in [4.78, 5) is 11.7. The summed E-state index contributed by atoms with van der Waals surface area (Å²) < 4.78 is 0. The molecule has 0 fully saturated rings. The summed E-state index contributed by atoms with van der Waals surface area (Å²) in [6.45, 7) is 10.3. The van der Waals surface area contributed by atoms with Gasteiger partial charge >= 0.3 is 0 Å². The van der Waals surface area contributed by atoms with Crippen LogP contribution < -0.4 is 10.6 Å². The lowest BCUT2D eigenvalue weighted by Gasteiger charge is -2.20. The molecular formula is C12H26N2O. The lowest BCUT2D eigenvalue weighted by Crippen LogP contribution is -2.47. The van der Waals surface area contributed by atoms with Gasteiger partial charge in [-0.3, -0.25) is 4.79 Å². The van der Waals surface area contributed by atoms with Crippen LogP contribution >= 0.6 is 0 Å². The number of hydrogen-bond donors (Lipinski definition) is 2. The number of carbonyl (C=O) groups excluding carboxylic acids is 1. The summed E-state index contributed by atoms with van der Waals surface area (Å²) in [5.41, 5.74) is 0. The smallest absolute Gasteiger partial charge is 0.237 e. The van der Waals surface area contributed by atoms with E-state index in [1.165, 1.54) is 0 Å². The van der Waals surface area contributed by atoms with E-state index in [1.54, 1.807) is 0 Å². The van der Waals surface area contributed by atoms with Gasteiger partial charge in [0.1, 0.15) is 0 Å². The van der Waals surface area contributed by atoms with Crippen molar-refractivity contribution in [1.29, 1.82) is 0 Å². The third-order valence-corrected chi connectivity index (χ3v) is 2.65. The molecule has 0 heterocycles. The zero-order chi connectivity index (χ0) is 11.8. The van der Waals surface area contributed by atoms with E-state index in [-0.39, 0.29) is 18.0 Å². The summed E-state index contributed by atoms with van der Waals surface area (Å²) in [7, 11) is 0. The largest absolute Gasteiger partial charge is 0.352 e. The van der Waals surface area contributed by atoms with Crippen molar-refractivity contribution in [2.24, 2.45) is 0 Å². The molecule has 0 radical (unpaired) electrons. The molecule has 0 aromatic heterocycles. The van der Waals surface area contributed by atoms with Crippen molar-refractivity contribution in [2.75, 3.05) is 0 Å². The topological polar surface area (TPSA) is 41.1 Å². The first-order valence-electron chi connectivity index (χ1n) is 6.07. The highest BCUT2D eigenvalue weighted by molar-refractivity contribution is 5.81. The molecule has 0 spiro atoms. The Kier molecular flexibility index (Phi) is 7.39. The summed E-state index contributed by atoms with van der Waals surface area (Å²) in [5.74, 6) is 0.108. The van der Waals surface area contributed by atoms with Crippen LogP contribution in [0.4, 0.5) is 0 Å². The normalized spacial score (nSPS) is 16.9. The molecule has 0 aliphatic carbocycles. The second-order valence-corrected chi connectivity index (χ2v) is 4.40. The van der Waals surface area contributed by atoms with E-state index in [9.17, 15) is 4.79 Å². The minimum atomic E-state index is -0.0979. The molecule has 0 saturated heterocycles. The molecule has 3 unspecified atom stereocenters. The van der Waals surface area contributed by atoms with Crippen LogP contribution in [0.15, 0.2) is 0 Å². The number of amides is 1. The van der Waals surface area contributed by atoms with Gasteiger partial charge in [0.15, 0.2) is 0 Å². The Bertz CT molecular complexity index is 182. The molecule has 0 aromatic rings. The maximum absolute atomic E-state index is 11.7. The van der Waals surface area contributed by atoms with Gasteiger partial charge in [0.25, 0.3) is 0 Å². The van der Waals surface area contributed by atoms with Gasteiger partial charge in [0, 0.05) is 12.1 Å². The Morgan fingerprint density at radius 1 is 1.13 bits per heavy atom. The highest BCUT2D eigenvalue weighted by Gasteiger charge is 2.15. The second kappa shape index (κ2) is 7.69. The van der Waals surface area contributed by atoms with Crippen LogP contribution in [0.5, 0.6) is 0 Å². The summed E-state index contributed by atoms with van der Waals surface area (Å²) in [6, 6.07) is 0.579. The van der Waals surface area contributed by atoms with E-state index in [0.29, 0.717) is 6.04 Å². The van der Waals surface area contributed by atoms with E-state index < -0.39 is 0 Å². The van der Waals surface area contributed by atoms with Crippen molar-refractivity contribution in [2.45, 2.75) is 72.0 Å². The van der Waals surface area contributed by atoms with Crippen LogP contribution in [0.3, 0.4) is 0 Å². The fourth-order valence-corrected chi connectivity index (χ4v) is 1.49. The number of nitrogens with one attached hydrogen (secondary N) is 2. The Hall–Kier alpha value is -0.570. The molecule has 1 amide bonds. The summed E-state index contributed by atoms with van der Waals surface area (Å²) in [6.07, 6.45) is 3.19. The average Bonchev–Trinajstić information content (AvgIpc) is 2.17. The second-order valence-electron chi connectivity index (χ2n) is 4.40. The van der Waals surface area contributed by atoms with Crippen LogP contribution in [0.25, 0.3) is 0 Å². The van der Waals surface area contributed by atoms with Crippen molar-refractivity contribution in [3.63, 3.8) is 0 Å². The summed E-state index contributed by atoms with van der Waals surface area (Å²) >= 11 is 0. The molecule has 0 aromatic carbocycles. The number of carbonyl (C=O) groups is 1. The molecule has 0 rings (SSSR count). The van der Waals surface area contributed by atoms with Gasteiger partial charge < -0.3 is 10.6 Å². The maximum Gasteiger partial charge on any atom is 0.237 e. The van der Waals surface area contributed by atoms with Gasteiger partial charge in [-0.15, -0.1) is 0 Å². The van der Waals surface area contributed by atoms with Gasteiger partial charge in [-0.25, -0.2) is 0 Å². The summed E-state index contributed by atoms with van der Waals surface area (Å²) in [5, 5.41) is 6.27. The van der Waals surface area contributed by atoms with E-state index in [4.69, 9.17) is 0 Å². The number of hydrogen-bond acceptors (Lipinski definition) is 2. The molecule has 3 nitrogen and oxygen atoms in total. The van der Waals surface area contributed by atoms with Gasteiger partial charge in [-0.2, -0.15) is 0 Å². The van der Waals surface area contributed by atoms with Crippen LogP contribution in [-0.4, -0.2) is 24.0 Å². The monoisotopic (exact) mass is 214 g/mol. The highest BCUT2D eigenvalue weighted by atomic mass is 16.2. The Morgan fingerprint density at radius 2 is 1.73 bits per heavy atom. The maximum atomic E-state index is 11.7. The van der Waals surface area contributed by atoms with Crippen LogP contribution in [0.1, 0.15) is 53.9 Å². The highest BCUT2D eigenvalue weighted by Crippen LogP contribution is 1.97. The van der Waals surface area contributed by atoms with Crippen LogP contribution in [0, 0.1) is 0 Å². The molecule has 2 N–H and O–H groups in total. The fraction of sp³-hybridized carbons (Fsp3) is 0.917. The van der Waals surface area contributed by atoms with Gasteiger partial charge in [0.2, 0.25) is 5.91 Å². The molecule has 0 aliphatic heterocycles. The Balaban J connectivity index is 3.88. The molecule has 3 atom stereocenters. The number of rotatable bonds is 7. The standard InChI is InChI=1S/C12H26N2O/c1-6-8-10(4)14-12(15)11(5)13-9(3)7-2/h9-11,13H,6-8H2,1-5H3,(H,14,15). The van der Waals surface area contributed by atoms with E-state index in [2.05, 4.69) is 38.3 Å². The molecule has 3 heteroatoms. The van der Waals surface area contributed by atoms with E-state index in [1.807, 2.05) is 6.92 Å². The first-order valence-corrected chi connectivity index (χ1v) is 6.07. The zero-order valence-electron chi connectivity index (χ0n) is 10.8. The van der Waals surface area contributed by atoms with Crippen molar-refractivity contribution < 1.29 is 4.79 Å². The first-order chi connectivity index (χ1) is 7.01. The molecule has 0 bridgehead atoms. The van der Waals surface area contributed by atoms with Crippen molar-refractivity contribution in [1.82, 2.24) is 10.6 Å². The predicted octanol–water partition coefficient (Wildman–Crippen LogP) is 2.07. The SMILES string of the molecule is CCCC(C)NC(=O)C(C)NC(C)CC. The first kappa shape index (κ1) is 14.4. The Morgan fingerprint density at radius 3 is 2.20 bits per heavy atom. The van der Waals surface area contributed by atoms with Crippen LogP contribution in [-0.2, 0) is 4.79 Å². The average molecular weight is 214 g/mol. The molecular weight excluding hydrogens is 188 g/mol. The van der Waals surface area contributed by atoms with Gasteiger partial charge in [-0.1, -0.05) is 20.3 Å². The fourth-order valence-electron chi connectivity index (χ4n) is 1.49. The molecule has 0 aliphatic rings. The lowest BCUT2D eigenvalue weighted by atomic mass is 10.1. The minimum Gasteiger partial charge on any atom is -0.352 e. The van der Waals surface area contributed by atoms with Crippen LogP contribution in [0.2, 0.25) is 0 Å². The third kappa shape index (κ3) is 6.50. The molecule has 90 valence electrons.